The number of ketones is 1. The van der Waals surface area contributed by atoms with Gasteiger partial charge in [0.25, 0.3) is 0 Å². The molecule has 4 heteroatoms. The fourth-order valence-corrected chi connectivity index (χ4v) is 5.19. The van der Waals surface area contributed by atoms with Crippen molar-refractivity contribution in [3.8, 4) is 5.75 Å². The van der Waals surface area contributed by atoms with Crippen LogP contribution < -0.4 is 4.74 Å². The van der Waals surface area contributed by atoms with Crippen LogP contribution in [0.15, 0.2) is 12.1 Å². The van der Waals surface area contributed by atoms with Crippen molar-refractivity contribution in [2.45, 2.75) is 78.1 Å². The van der Waals surface area contributed by atoms with Crippen molar-refractivity contribution in [1.29, 1.82) is 0 Å². The van der Waals surface area contributed by atoms with E-state index in [1.165, 1.54) is 44.2 Å². The van der Waals surface area contributed by atoms with Crippen molar-refractivity contribution in [3.63, 3.8) is 0 Å². The van der Waals surface area contributed by atoms with Crippen molar-refractivity contribution < 1.29 is 18.3 Å². The Labute approximate surface area is 168 Å². The summed E-state index contributed by atoms with van der Waals surface area (Å²) in [6, 6.07) is 2.78. The lowest BCUT2D eigenvalue weighted by Gasteiger charge is -2.37. The summed E-state index contributed by atoms with van der Waals surface area (Å²) < 4.78 is 33.9. The third-order valence-electron chi connectivity index (χ3n) is 7.05. The van der Waals surface area contributed by atoms with Crippen LogP contribution in [-0.2, 0) is 0 Å². The van der Waals surface area contributed by atoms with Gasteiger partial charge in [0.15, 0.2) is 17.3 Å². The average molecular weight is 393 g/mol. The molecule has 156 valence electrons. The molecule has 0 radical (unpaired) electrons. The van der Waals surface area contributed by atoms with Crippen LogP contribution in [0.25, 0.3) is 0 Å². The number of rotatable bonds is 7. The molecule has 0 spiro atoms. The van der Waals surface area contributed by atoms with E-state index >= 15 is 0 Å². The second-order valence-electron chi connectivity index (χ2n) is 8.75. The molecule has 3 rings (SSSR count). The van der Waals surface area contributed by atoms with E-state index in [4.69, 9.17) is 4.74 Å². The minimum absolute atomic E-state index is 0.109. The maximum absolute atomic E-state index is 14.5. The molecule has 0 bridgehead atoms. The SMILES string of the molecule is CCCOc1ccc(C(=O)C2CCC(C3CCC(CC)CC3)CC2)c(F)c1F. The molecule has 1 aromatic carbocycles. The van der Waals surface area contributed by atoms with E-state index in [1.54, 1.807) is 0 Å². The van der Waals surface area contributed by atoms with Gasteiger partial charge in [-0.25, -0.2) is 4.39 Å². The lowest BCUT2D eigenvalue weighted by Crippen LogP contribution is -2.28. The highest BCUT2D eigenvalue weighted by Gasteiger charge is 2.34. The van der Waals surface area contributed by atoms with E-state index in [-0.39, 0.29) is 23.0 Å². The van der Waals surface area contributed by atoms with E-state index in [2.05, 4.69) is 6.92 Å². The molecule has 0 N–H and O–H groups in total. The van der Waals surface area contributed by atoms with Crippen molar-refractivity contribution in [2.24, 2.45) is 23.7 Å². The monoisotopic (exact) mass is 392 g/mol. The van der Waals surface area contributed by atoms with Crippen LogP contribution in [0.2, 0.25) is 0 Å². The molecule has 0 aliphatic heterocycles. The van der Waals surface area contributed by atoms with E-state index in [0.29, 0.717) is 18.9 Å². The predicted molar refractivity (Wildman–Crippen MR) is 108 cm³/mol. The van der Waals surface area contributed by atoms with E-state index in [0.717, 1.165) is 37.5 Å². The maximum Gasteiger partial charge on any atom is 0.201 e. The lowest BCUT2D eigenvalue weighted by atomic mass is 9.68. The normalized spacial score (nSPS) is 28.1. The van der Waals surface area contributed by atoms with Gasteiger partial charge in [-0.3, -0.25) is 4.79 Å². The smallest absolute Gasteiger partial charge is 0.201 e. The first-order valence-corrected chi connectivity index (χ1v) is 11.2. The number of carbonyl (C=O) groups excluding carboxylic acids is 1. The molecule has 0 aromatic heterocycles. The summed E-state index contributed by atoms with van der Waals surface area (Å²) in [6.07, 6.45) is 11.0. The summed E-state index contributed by atoms with van der Waals surface area (Å²) in [4.78, 5) is 12.8. The number of benzene rings is 1. The maximum atomic E-state index is 14.5. The Morgan fingerprint density at radius 3 is 2.11 bits per heavy atom. The minimum Gasteiger partial charge on any atom is -0.490 e. The first-order chi connectivity index (χ1) is 13.5. The molecule has 2 aliphatic carbocycles. The minimum atomic E-state index is -1.06. The van der Waals surface area contributed by atoms with Crippen LogP contribution in [-0.4, -0.2) is 12.4 Å². The van der Waals surface area contributed by atoms with Gasteiger partial charge in [0, 0.05) is 5.92 Å². The van der Waals surface area contributed by atoms with Gasteiger partial charge in [-0.1, -0.05) is 33.1 Å². The molecule has 0 atom stereocenters. The number of Topliss-reactive ketones (excluding diaryl/α,β-unsaturated/α-hetero) is 1. The third-order valence-corrected chi connectivity index (χ3v) is 7.05. The number of hydrogen-bond donors (Lipinski definition) is 0. The van der Waals surface area contributed by atoms with Crippen molar-refractivity contribution >= 4 is 5.78 Å². The summed E-state index contributed by atoms with van der Waals surface area (Å²) in [5.74, 6) is -0.236. The molecule has 0 amide bonds. The Hall–Kier alpha value is -1.45. The molecule has 0 heterocycles. The molecular formula is C24H34F2O2. The summed E-state index contributed by atoms with van der Waals surface area (Å²) in [5.41, 5.74) is -0.117. The van der Waals surface area contributed by atoms with Gasteiger partial charge in [-0.15, -0.1) is 0 Å². The highest BCUT2D eigenvalue weighted by molar-refractivity contribution is 5.98. The van der Waals surface area contributed by atoms with Crippen molar-refractivity contribution in [1.82, 2.24) is 0 Å². The van der Waals surface area contributed by atoms with Crippen LogP contribution in [0.1, 0.15) is 88.4 Å². The zero-order valence-electron chi connectivity index (χ0n) is 17.3. The fraction of sp³-hybridized carbons (Fsp3) is 0.708. The van der Waals surface area contributed by atoms with Gasteiger partial charge in [-0.2, -0.15) is 4.39 Å². The molecule has 28 heavy (non-hydrogen) atoms. The molecule has 0 saturated heterocycles. The number of halogens is 2. The Morgan fingerprint density at radius 1 is 0.929 bits per heavy atom. The molecule has 1 aromatic rings. The van der Waals surface area contributed by atoms with Crippen LogP contribution in [0, 0.1) is 35.3 Å². The van der Waals surface area contributed by atoms with Gasteiger partial charge in [0.05, 0.1) is 12.2 Å². The lowest BCUT2D eigenvalue weighted by molar-refractivity contribution is 0.0824. The summed E-state index contributed by atoms with van der Waals surface area (Å²) in [5, 5.41) is 0. The summed E-state index contributed by atoms with van der Waals surface area (Å²) >= 11 is 0. The largest absolute Gasteiger partial charge is 0.490 e. The molecular weight excluding hydrogens is 358 g/mol. The number of carbonyl (C=O) groups is 1. The topological polar surface area (TPSA) is 26.3 Å². The number of hydrogen-bond acceptors (Lipinski definition) is 2. The van der Waals surface area contributed by atoms with Crippen LogP contribution in [0.5, 0.6) is 5.75 Å². The van der Waals surface area contributed by atoms with E-state index < -0.39 is 11.6 Å². The Morgan fingerprint density at radius 2 is 1.54 bits per heavy atom. The fourth-order valence-electron chi connectivity index (χ4n) is 5.19. The second-order valence-corrected chi connectivity index (χ2v) is 8.75. The standard InChI is InChI=1S/C24H34F2O2/c1-3-15-28-21-14-13-20(22(25)23(21)26)24(27)19-11-9-18(10-12-19)17-7-5-16(4-2)6-8-17/h13-14,16-19H,3-12,15H2,1-2H3. The van der Waals surface area contributed by atoms with Gasteiger partial charge in [0.2, 0.25) is 5.82 Å². The van der Waals surface area contributed by atoms with Gasteiger partial charge >= 0.3 is 0 Å². The quantitative estimate of drug-likeness (QED) is 0.469. The van der Waals surface area contributed by atoms with Gasteiger partial charge in [0.1, 0.15) is 0 Å². The first kappa shape index (κ1) is 21.3. The highest BCUT2D eigenvalue weighted by Crippen LogP contribution is 2.42. The van der Waals surface area contributed by atoms with Crippen LogP contribution >= 0.6 is 0 Å². The molecule has 0 unspecified atom stereocenters. The van der Waals surface area contributed by atoms with Crippen LogP contribution in [0.4, 0.5) is 8.78 Å². The van der Waals surface area contributed by atoms with Crippen molar-refractivity contribution in [2.75, 3.05) is 6.61 Å². The zero-order chi connectivity index (χ0) is 20.1. The highest BCUT2D eigenvalue weighted by atomic mass is 19.2. The average Bonchev–Trinajstić information content (AvgIpc) is 2.74. The number of ether oxygens (including phenoxy) is 1. The van der Waals surface area contributed by atoms with E-state index in [1.807, 2.05) is 6.92 Å². The van der Waals surface area contributed by atoms with Crippen LogP contribution in [0.3, 0.4) is 0 Å². The molecule has 2 nitrogen and oxygen atoms in total. The molecule has 2 aliphatic rings. The Bertz CT molecular complexity index is 657. The Kier molecular flexibility index (Phi) is 7.48. The molecule has 2 fully saturated rings. The second kappa shape index (κ2) is 9.84. The zero-order valence-corrected chi connectivity index (χ0v) is 17.3. The third kappa shape index (κ3) is 4.75. The summed E-state index contributed by atoms with van der Waals surface area (Å²) in [6.45, 7) is 4.51. The molecule has 2 saturated carbocycles. The summed E-state index contributed by atoms with van der Waals surface area (Å²) in [7, 11) is 0. The van der Waals surface area contributed by atoms with E-state index in [9.17, 15) is 13.6 Å². The van der Waals surface area contributed by atoms with Crippen molar-refractivity contribution in [3.05, 3.63) is 29.3 Å². The first-order valence-electron chi connectivity index (χ1n) is 11.2. The Balaban J connectivity index is 1.57. The predicted octanol–water partition coefficient (Wildman–Crippen LogP) is 6.96. The van der Waals surface area contributed by atoms with Gasteiger partial charge in [-0.05, 0) is 74.8 Å². The van der Waals surface area contributed by atoms with Gasteiger partial charge < -0.3 is 4.74 Å².